The van der Waals surface area contributed by atoms with Crippen molar-refractivity contribution in [2.45, 2.75) is 25.3 Å². The van der Waals surface area contributed by atoms with Crippen LogP contribution in [-0.4, -0.2) is 21.3 Å². The first-order valence-electron chi connectivity index (χ1n) is 7.27. The maximum atomic E-state index is 5.55. The average molecular weight is 303 g/mol. The first kappa shape index (κ1) is 14.4. The van der Waals surface area contributed by atoms with Gasteiger partial charge in [0.1, 0.15) is 11.5 Å². The molecule has 0 spiro atoms. The van der Waals surface area contributed by atoms with Crippen LogP contribution in [0.4, 0.5) is 0 Å². The molecule has 21 heavy (non-hydrogen) atoms. The summed E-state index contributed by atoms with van der Waals surface area (Å²) in [4.78, 5) is 2.92. The number of aryl methyl sites for hydroxylation is 2. The second-order valence-electron chi connectivity index (χ2n) is 5.28. The van der Waals surface area contributed by atoms with Crippen LogP contribution in [0.3, 0.4) is 0 Å². The molecule has 1 aliphatic rings. The number of thiophene rings is 1. The molecule has 2 aromatic rings. The van der Waals surface area contributed by atoms with Gasteiger partial charge in [-0.25, -0.2) is 0 Å². The molecular weight excluding hydrogens is 282 g/mol. The highest BCUT2D eigenvalue weighted by Gasteiger charge is 2.22. The predicted octanol–water partition coefficient (Wildman–Crippen LogP) is 3.56. The molecule has 1 aromatic carbocycles. The Morgan fingerprint density at radius 1 is 1.14 bits per heavy atom. The molecule has 4 heteroatoms. The van der Waals surface area contributed by atoms with Crippen molar-refractivity contribution in [2.75, 3.05) is 21.3 Å². The van der Waals surface area contributed by atoms with Crippen LogP contribution in [0.1, 0.15) is 33.3 Å². The van der Waals surface area contributed by atoms with Gasteiger partial charge in [0.15, 0.2) is 0 Å². The van der Waals surface area contributed by atoms with E-state index in [2.05, 4.69) is 17.4 Å². The van der Waals surface area contributed by atoms with E-state index in [1.54, 1.807) is 19.1 Å². The van der Waals surface area contributed by atoms with Crippen LogP contribution < -0.4 is 14.8 Å². The minimum Gasteiger partial charge on any atom is -0.497 e. The number of ether oxygens (including phenoxy) is 2. The Bertz CT molecular complexity index is 614. The zero-order valence-electron chi connectivity index (χ0n) is 12.7. The number of nitrogens with one attached hydrogen (secondary N) is 1. The van der Waals surface area contributed by atoms with E-state index in [-0.39, 0.29) is 6.04 Å². The molecule has 0 saturated heterocycles. The number of hydrogen-bond acceptors (Lipinski definition) is 4. The lowest BCUT2D eigenvalue weighted by molar-refractivity contribution is 0.388. The molecule has 0 radical (unpaired) electrons. The van der Waals surface area contributed by atoms with Crippen molar-refractivity contribution in [1.29, 1.82) is 0 Å². The van der Waals surface area contributed by atoms with Crippen molar-refractivity contribution >= 4 is 11.3 Å². The van der Waals surface area contributed by atoms with Gasteiger partial charge in [0, 0.05) is 21.4 Å². The van der Waals surface area contributed by atoms with Crippen molar-refractivity contribution in [3.8, 4) is 11.5 Å². The lowest BCUT2D eigenvalue weighted by atomic mass is 10.0. The fourth-order valence-corrected chi connectivity index (χ4v) is 4.39. The largest absolute Gasteiger partial charge is 0.497 e. The molecular formula is C17H21NO2S. The fraction of sp³-hybridized carbons (Fsp3) is 0.412. The Morgan fingerprint density at radius 3 is 2.67 bits per heavy atom. The van der Waals surface area contributed by atoms with Gasteiger partial charge in [0.25, 0.3) is 0 Å². The Morgan fingerprint density at radius 2 is 2.00 bits per heavy atom. The van der Waals surface area contributed by atoms with Crippen molar-refractivity contribution in [3.05, 3.63) is 45.1 Å². The second kappa shape index (κ2) is 6.08. The summed E-state index contributed by atoms with van der Waals surface area (Å²) in [6, 6.07) is 8.55. The normalized spacial score (nSPS) is 14.8. The summed E-state index contributed by atoms with van der Waals surface area (Å²) in [5, 5.41) is 3.43. The van der Waals surface area contributed by atoms with Gasteiger partial charge >= 0.3 is 0 Å². The third-order valence-corrected chi connectivity index (χ3v) is 5.39. The molecule has 0 bridgehead atoms. The van der Waals surface area contributed by atoms with E-state index < -0.39 is 0 Å². The van der Waals surface area contributed by atoms with Crippen LogP contribution in [-0.2, 0) is 12.8 Å². The van der Waals surface area contributed by atoms with Crippen LogP contribution in [0.2, 0.25) is 0 Å². The Kier molecular flexibility index (Phi) is 4.17. The van der Waals surface area contributed by atoms with E-state index >= 15 is 0 Å². The number of methoxy groups -OCH3 is 2. The van der Waals surface area contributed by atoms with Crippen LogP contribution in [0.5, 0.6) is 11.5 Å². The molecule has 0 aliphatic heterocycles. The summed E-state index contributed by atoms with van der Waals surface area (Å²) >= 11 is 1.93. The Labute approximate surface area is 129 Å². The average Bonchev–Trinajstić information content (AvgIpc) is 3.10. The lowest BCUT2D eigenvalue weighted by Crippen LogP contribution is -2.17. The van der Waals surface area contributed by atoms with Gasteiger partial charge in [0.2, 0.25) is 0 Å². The first-order chi connectivity index (χ1) is 10.3. The maximum Gasteiger partial charge on any atom is 0.127 e. The summed E-state index contributed by atoms with van der Waals surface area (Å²) < 4.78 is 10.8. The standard InChI is InChI=1S/C17H21NO2S/c1-18-17(16-9-11-5-4-6-15(11)21-16)13-8-7-12(19-2)10-14(13)20-3/h7-10,17-18H,4-6H2,1-3H3. The summed E-state index contributed by atoms with van der Waals surface area (Å²) in [5.74, 6) is 1.68. The Balaban J connectivity index is 1.99. The zero-order valence-corrected chi connectivity index (χ0v) is 13.5. The molecule has 0 fully saturated rings. The van der Waals surface area contributed by atoms with Gasteiger partial charge in [-0.2, -0.15) is 0 Å². The molecule has 1 heterocycles. The quantitative estimate of drug-likeness (QED) is 0.916. The van der Waals surface area contributed by atoms with Crippen molar-refractivity contribution in [2.24, 2.45) is 0 Å². The minimum atomic E-state index is 0.168. The third-order valence-electron chi connectivity index (χ3n) is 4.09. The van der Waals surface area contributed by atoms with Gasteiger partial charge in [-0.3, -0.25) is 0 Å². The molecule has 3 rings (SSSR count). The summed E-state index contributed by atoms with van der Waals surface area (Å²) in [6.07, 6.45) is 3.76. The topological polar surface area (TPSA) is 30.5 Å². The molecule has 0 amide bonds. The highest BCUT2D eigenvalue weighted by molar-refractivity contribution is 7.12. The van der Waals surface area contributed by atoms with Crippen molar-refractivity contribution < 1.29 is 9.47 Å². The van der Waals surface area contributed by atoms with E-state index in [9.17, 15) is 0 Å². The summed E-state index contributed by atoms with van der Waals surface area (Å²) in [5.41, 5.74) is 2.68. The van der Waals surface area contributed by atoms with Gasteiger partial charge in [-0.15, -0.1) is 11.3 Å². The molecule has 1 aliphatic carbocycles. The third kappa shape index (κ3) is 2.65. The lowest BCUT2D eigenvalue weighted by Gasteiger charge is -2.19. The number of fused-ring (bicyclic) bond motifs is 1. The van der Waals surface area contributed by atoms with E-state index in [1.807, 2.05) is 30.5 Å². The fourth-order valence-electron chi connectivity index (χ4n) is 3.00. The highest BCUT2D eigenvalue weighted by atomic mass is 32.1. The predicted molar refractivity (Wildman–Crippen MR) is 86.8 cm³/mol. The first-order valence-corrected chi connectivity index (χ1v) is 8.09. The number of hydrogen-bond donors (Lipinski definition) is 1. The SMILES string of the molecule is CNC(c1cc2c(s1)CCC2)c1ccc(OC)cc1OC. The van der Waals surface area contributed by atoms with Crippen LogP contribution in [0, 0.1) is 0 Å². The molecule has 1 N–H and O–H groups in total. The summed E-state index contributed by atoms with van der Waals surface area (Å²) in [6.45, 7) is 0. The number of benzene rings is 1. The van der Waals surface area contributed by atoms with E-state index in [4.69, 9.17) is 9.47 Å². The molecule has 3 nitrogen and oxygen atoms in total. The highest BCUT2D eigenvalue weighted by Crippen LogP contribution is 2.39. The van der Waals surface area contributed by atoms with Gasteiger partial charge in [0.05, 0.1) is 20.3 Å². The van der Waals surface area contributed by atoms with Crippen LogP contribution >= 0.6 is 11.3 Å². The van der Waals surface area contributed by atoms with E-state index in [0.717, 1.165) is 17.1 Å². The van der Waals surface area contributed by atoms with E-state index in [0.29, 0.717) is 0 Å². The number of rotatable bonds is 5. The molecule has 0 saturated carbocycles. The van der Waals surface area contributed by atoms with Crippen molar-refractivity contribution in [3.63, 3.8) is 0 Å². The maximum absolute atomic E-state index is 5.55. The zero-order chi connectivity index (χ0) is 14.8. The second-order valence-corrected chi connectivity index (χ2v) is 6.45. The Hall–Kier alpha value is -1.52. The minimum absolute atomic E-state index is 0.168. The van der Waals surface area contributed by atoms with Gasteiger partial charge in [-0.05, 0) is 50.1 Å². The van der Waals surface area contributed by atoms with Crippen LogP contribution in [0.15, 0.2) is 24.3 Å². The smallest absolute Gasteiger partial charge is 0.127 e. The monoisotopic (exact) mass is 303 g/mol. The van der Waals surface area contributed by atoms with Crippen molar-refractivity contribution in [1.82, 2.24) is 5.32 Å². The molecule has 112 valence electrons. The molecule has 1 aromatic heterocycles. The van der Waals surface area contributed by atoms with Gasteiger partial charge in [-0.1, -0.05) is 0 Å². The molecule has 1 atom stereocenters. The van der Waals surface area contributed by atoms with Crippen LogP contribution in [0.25, 0.3) is 0 Å². The molecule has 1 unspecified atom stereocenters. The van der Waals surface area contributed by atoms with Gasteiger partial charge < -0.3 is 14.8 Å². The summed E-state index contributed by atoms with van der Waals surface area (Å²) in [7, 11) is 5.38. The van der Waals surface area contributed by atoms with E-state index in [1.165, 1.54) is 29.7 Å².